The second kappa shape index (κ2) is 2.05. The van der Waals surface area contributed by atoms with Gasteiger partial charge in [-0.15, -0.1) is 5.10 Å². The molecule has 0 saturated heterocycles. The summed E-state index contributed by atoms with van der Waals surface area (Å²) in [5.74, 6) is 0.887. The van der Waals surface area contributed by atoms with Gasteiger partial charge in [-0.1, -0.05) is 5.21 Å². The molecule has 0 amide bonds. The van der Waals surface area contributed by atoms with Crippen LogP contribution in [0.1, 0.15) is 0 Å². The van der Waals surface area contributed by atoms with Crippen LogP contribution in [-0.2, 0) is 7.05 Å². The second-order valence-electron chi connectivity index (χ2n) is 2.14. The first-order valence-electron chi connectivity index (χ1n) is 2.74. The predicted molar refractivity (Wildman–Crippen MR) is 35.3 cm³/mol. The molecule has 0 atom stereocenters. The van der Waals surface area contributed by atoms with E-state index in [1.807, 2.05) is 32.2 Å². The van der Waals surface area contributed by atoms with Crippen LogP contribution < -0.4 is 4.90 Å². The van der Waals surface area contributed by atoms with E-state index >= 15 is 0 Å². The highest BCUT2D eigenvalue weighted by atomic mass is 15.4. The van der Waals surface area contributed by atoms with Crippen molar-refractivity contribution in [3.05, 3.63) is 6.20 Å². The van der Waals surface area contributed by atoms with E-state index in [1.54, 1.807) is 4.68 Å². The fourth-order valence-electron chi connectivity index (χ4n) is 0.540. The first-order chi connectivity index (χ1) is 4.20. The van der Waals surface area contributed by atoms with Crippen LogP contribution >= 0.6 is 0 Å². The zero-order chi connectivity index (χ0) is 6.85. The van der Waals surface area contributed by atoms with E-state index < -0.39 is 0 Å². The van der Waals surface area contributed by atoms with Crippen molar-refractivity contribution in [1.82, 2.24) is 15.0 Å². The van der Waals surface area contributed by atoms with E-state index in [-0.39, 0.29) is 0 Å². The smallest absolute Gasteiger partial charge is 0.170 e. The summed E-state index contributed by atoms with van der Waals surface area (Å²) in [5, 5.41) is 7.62. The van der Waals surface area contributed by atoms with Gasteiger partial charge in [0.1, 0.15) is 0 Å². The van der Waals surface area contributed by atoms with Crippen LogP contribution in [0.25, 0.3) is 0 Å². The largest absolute Gasteiger partial charge is 0.360 e. The van der Waals surface area contributed by atoms with E-state index in [4.69, 9.17) is 0 Å². The van der Waals surface area contributed by atoms with Gasteiger partial charge in [0.25, 0.3) is 0 Å². The minimum atomic E-state index is 0.887. The van der Waals surface area contributed by atoms with Crippen LogP contribution in [0.3, 0.4) is 0 Å². The minimum absolute atomic E-state index is 0.887. The fourth-order valence-corrected chi connectivity index (χ4v) is 0.540. The molecule has 4 heteroatoms. The van der Waals surface area contributed by atoms with Gasteiger partial charge in [0.2, 0.25) is 0 Å². The van der Waals surface area contributed by atoms with Crippen molar-refractivity contribution in [3.8, 4) is 0 Å². The summed E-state index contributed by atoms with van der Waals surface area (Å²) in [7, 11) is 5.72. The lowest BCUT2D eigenvalue weighted by Gasteiger charge is -2.04. The van der Waals surface area contributed by atoms with Crippen molar-refractivity contribution in [2.45, 2.75) is 0 Å². The molecule has 4 nitrogen and oxygen atoms in total. The highest BCUT2D eigenvalue weighted by Crippen LogP contribution is 2.00. The molecule has 0 spiro atoms. The number of hydrogen-bond acceptors (Lipinski definition) is 3. The van der Waals surface area contributed by atoms with Gasteiger partial charge in [-0.25, -0.2) is 0 Å². The molecule has 0 aliphatic carbocycles. The van der Waals surface area contributed by atoms with Crippen LogP contribution in [0.5, 0.6) is 0 Å². The monoisotopic (exact) mass is 126 g/mol. The van der Waals surface area contributed by atoms with Crippen molar-refractivity contribution < 1.29 is 0 Å². The maximum atomic E-state index is 3.85. The Hall–Kier alpha value is -1.06. The zero-order valence-electron chi connectivity index (χ0n) is 5.87. The average molecular weight is 126 g/mol. The predicted octanol–water partition coefficient (Wildman–Crippen LogP) is -0.119. The number of nitrogens with zero attached hydrogens (tertiary/aromatic N) is 4. The Morgan fingerprint density at radius 3 is 2.44 bits per heavy atom. The van der Waals surface area contributed by atoms with Gasteiger partial charge in [0, 0.05) is 21.1 Å². The molecule has 0 aliphatic heterocycles. The van der Waals surface area contributed by atoms with Gasteiger partial charge < -0.3 is 4.90 Å². The molecule has 50 valence electrons. The summed E-state index contributed by atoms with van der Waals surface area (Å²) >= 11 is 0. The van der Waals surface area contributed by atoms with Crippen LogP contribution in [0.15, 0.2) is 6.20 Å². The second-order valence-corrected chi connectivity index (χ2v) is 2.14. The summed E-state index contributed by atoms with van der Waals surface area (Å²) in [4.78, 5) is 1.91. The summed E-state index contributed by atoms with van der Waals surface area (Å²) in [5.41, 5.74) is 0. The lowest BCUT2D eigenvalue weighted by Crippen LogP contribution is -2.08. The molecular weight excluding hydrogens is 116 g/mol. The normalized spacial score (nSPS) is 9.67. The third kappa shape index (κ3) is 1.19. The molecule has 1 aromatic heterocycles. The Balaban J connectivity index is 2.85. The van der Waals surface area contributed by atoms with Crippen molar-refractivity contribution in [2.75, 3.05) is 19.0 Å². The minimum Gasteiger partial charge on any atom is -0.360 e. The van der Waals surface area contributed by atoms with Crippen LogP contribution in [0, 0.1) is 0 Å². The fraction of sp³-hybridized carbons (Fsp3) is 0.600. The molecule has 0 aliphatic rings. The van der Waals surface area contributed by atoms with E-state index in [1.165, 1.54) is 0 Å². The van der Waals surface area contributed by atoms with Crippen molar-refractivity contribution in [3.63, 3.8) is 0 Å². The molecule has 1 heterocycles. The molecular formula is C5H10N4. The van der Waals surface area contributed by atoms with E-state index in [0.717, 1.165) is 5.82 Å². The maximum Gasteiger partial charge on any atom is 0.170 e. The topological polar surface area (TPSA) is 34.0 Å². The third-order valence-electron chi connectivity index (χ3n) is 1.05. The van der Waals surface area contributed by atoms with Gasteiger partial charge >= 0.3 is 0 Å². The number of anilines is 1. The van der Waals surface area contributed by atoms with Gasteiger partial charge in [0.05, 0.1) is 6.20 Å². The Bertz CT molecular complexity index is 191. The molecule has 0 N–H and O–H groups in total. The van der Waals surface area contributed by atoms with Crippen LogP contribution in [0.4, 0.5) is 5.82 Å². The molecule has 0 aromatic carbocycles. The number of hydrogen-bond donors (Lipinski definition) is 0. The third-order valence-corrected chi connectivity index (χ3v) is 1.05. The van der Waals surface area contributed by atoms with E-state index in [9.17, 15) is 0 Å². The Kier molecular flexibility index (Phi) is 1.38. The van der Waals surface area contributed by atoms with Gasteiger partial charge in [0.15, 0.2) is 5.82 Å². The van der Waals surface area contributed by atoms with Crippen molar-refractivity contribution >= 4 is 5.82 Å². The number of aromatic nitrogens is 3. The lowest BCUT2D eigenvalue weighted by atomic mass is 10.7. The highest BCUT2D eigenvalue weighted by Gasteiger charge is 1.96. The molecule has 0 saturated carbocycles. The Labute approximate surface area is 54.1 Å². The SMILES string of the molecule is CN(C)c1cn(C)nn1. The van der Waals surface area contributed by atoms with Crippen molar-refractivity contribution in [1.29, 1.82) is 0 Å². The summed E-state index contributed by atoms with van der Waals surface area (Å²) in [6.07, 6.45) is 1.86. The quantitative estimate of drug-likeness (QED) is 0.526. The molecule has 1 rings (SSSR count). The Morgan fingerprint density at radius 2 is 2.22 bits per heavy atom. The van der Waals surface area contributed by atoms with E-state index in [2.05, 4.69) is 10.3 Å². The molecule has 0 fully saturated rings. The standard InChI is InChI=1S/C5H10N4/c1-8(2)5-4-9(3)7-6-5/h4H,1-3H3. The zero-order valence-corrected chi connectivity index (χ0v) is 5.87. The number of rotatable bonds is 1. The van der Waals surface area contributed by atoms with E-state index in [0.29, 0.717) is 0 Å². The molecule has 1 aromatic rings. The van der Waals surface area contributed by atoms with Gasteiger partial charge in [-0.2, -0.15) is 0 Å². The van der Waals surface area contributed by atoms with Crippen LogP contribution in [0.2, 0.25) is 0 Å². The molecule has 0 unspecified atom stereocenters. The molecule has 0 bridgehead atoms. The first kappa shape index (κ1) is 6.07. The summed E-state index contributed by atoms with van der Waals surface area (Å²) < 4.78 is 1.68. The summed E-state index contributed by atoms with van der Waals surface area (Å²) in [6.45, 7) is 0. The van der Waals surface area contributed by atoms with Gasteiger partial charge in [-0.05, 0) is 0 Å². The average Bonchev–Trinajstić information content (AvgIpc) is 2.14. The maximum absolute atomic E-state index is 3.85. The molecule has 0 radical (unpaired) electrons. The van der Waals surface area contributed by atoms with Crippen LogP contribution in [-0.4, -0.2) is 29.1 Å². The lowest BCUT2D eigenvalue weighted by molar-refractivity contribution is 0.714. The Morgan fingerprint density at radius 1 is 1.56 bits per heavy atom. The van der Waals surface area contributed by atoms with Gasteiger partial charge in [-0.3, -0.25) is 4.68 Å². The summed E-state index contributed by atoms with van der Waals surface area (Å²) in [6, 6.07) is 0. The first-order valence-corrected chi connectivity index (χ1v) is 2.74. The molecule has 9 heavy (non-hydrogen) atoms. The van der Waals surface area contributed by atoms with Crippen molar-refractivity contribution in [2.24, 2.45) is 7.05 Å². The number of aryl methyl sites for hydroxylation is 1. The highest BCUT2D eigenvalue weighted by molar-refractivity contribution is 5.31.